The lowest BCUT2D eigenvalue weighted by Gasteiger charge is -2.24. The number of hydrogen-bond donors (Lipinski definition) is 3. The molecule has 1 saturated heterocycles. The molecule has 1 aliphatic heterocycles. The summed E-state index contributed by atoms with van der Waals surface area (Å²) in [4.78, 5) is 4.69. The van der Waals surface area contributed by atoms with E-state index < -0.39 is 0 Å². The molecule has 0 amide bonds. The number of hydrogen-bond acceptors (Lipinski definition) is 5. The standard InChI is InChI=1S/C18H29N3O3S.HI/c1-3-19-18(21-15-5-4-10-25-13-15)20-12-14-6-7-16(24-9-8-22)17(11-14)23-2;/h6-7,11,15,22H,3-5,8-10,12-13H2,1-2H3,(H2,19,20,21);1H. The summed E-state index contributed by atoms with van der Waals surface area (Å²) in [5, 5.41) is 15.7. The number of rotatable bonds is 8. The van der Waals surface area contributed by atoms with Crippen LogP contribution < -0.4 is 20.1 Å². The Morgan fingerprint density at radius 2 is 2.23 bits per heavy atom. The topological polar surface area (TPSA) is 75.1 Å². The molecule has 1 fully saturated rings. The molecule has 0 radical (unpaired) electrons. The Balaban J connectivity index is 0.00000338. The number of aliphatic hydroxyl groups is 1. The molecule has 1 atom stereocenters. The van der Waals surface area contributed by atoms with Crippen molar-refractivity contribution in [2.24, 2.45) is 4.99 Å². The molecule has 1 heterocycles. The lowest BCUT2D eigenvalue weighted by Crippen LogP contribution is -2.45. The Morgan fingerprint density at radius 1 is 1.38 bits per heavy atom. The molecule has 6 nitrogen and oxygen atoms in total. The third kappa shape index (κ3) is 7.79. The zero-order valence-corrected chi connectivity index (χ0v) is 18.6. The minimum absolute atomic E-state index is 0. The van der Waals surface area contributed by atoms with E-state index in [0.717, 1.165) is 23.8 Å². The van der Waals surface area contributed by atoms with Crippen LogP contribution in [0.4, 0.5) is 0 Å². The average Bonchev–Trinajstić information content (AvgIpc) is 2.65. The van der Waals surface area contributed by atoms with Crippen molar-refractivity contribution in [3.63, 3.8) is 0 Å². The Labute approximate surface area is 177 Å². The Kier molecular flexibility index (Phi) is 11.9. The second-order valence-corrected chi connectivity index (χ2v) is 6.96. The molecular formula is C18H30IN3O3S. The molecule has 1 aromatic rings. The summed E-state index contributed by atoms with van der Waals surface area (Å²) in [6, 6.07) is 6.24. The third-order valence-corrected chi connectivity index (χ3v) is 5.06. The van der Waals surface area contributed by atoms with Gasteiger partial charge in [-0.05, 0) is 43.2 Å². The van der Waals surface area contributed by atoms with Gasteiger partial charge in [0.15, 0.2) is 17.5 Å². The van der Waals surface area contributed by atoms with Gasteiger partial charge in [-0.25, -0.2) is 4.99 Å². The lowest BCUT2D eigenvalue weighted by atomic mass is 10.2. The molecule has 2 rings (SSSR count). The maximum atomic E-state index is 8.88. The molecule has 1 unspecified atom stereocenters. The van der Waals surface area contributed by atoms with Gasteiger partial charge in [-0.1, -0.05) is 6.07 Å². The van der Waals surface area contributed by atoms with Crippen molar-refractivity contribution in [2.45, 2.75) is 32.4 Å². The number of nitrogens with one attached hydrogen (secondary N) is 2. The quantitative estimate of drug-likeness (QED) is 0.293. The first-order valence-electron chi connectivity index (χ1n) is 8.80. The molecule has 1 aliphatic rings. The number of aliphatic imine (C=N–C) groups is 1. The van der Waals surface area contributed by atoms with E-state index in [1.54, 1.807) is 7.11 Å². The summed E-state index contributed by atoms with van der Waals surface area (Å²) in [5.74, 6) is 4.54. The van der Waals surface area contributed by atoms with Crippen molar-refractivity contribution in [1.82, 2.24) is 10.6 Å². The molecular weight excluding hydrogens is 465 g/mol. The van der Waals surface area contributed by atoms with Crippen LogP contribution in [-0.2, 0) is 6.54 Å². The van der Waals surface area contributed by atoms with Gasteiger partial charge in [0.1, 0.15) is 6.61 Å². The maximum Gasteiger partial charge on any atom is 0.191 e. The average molecular weight is 495 g/mol. The zero-order valence-electron chi connectivity index (χ0n) is 15.5. The van der Waals surface area contributed by atoms with E-state index in [-0.39, 0.29) is 37.2 Å². The van der Waals surface area contributed by atoms with E-state index in [4.69, 9.17) is 19.6 Å². The summed E-state index contributed by atoms with van der Waals surface area (Å²) < 4.78 is 10.8. The second-order valence-electron chi connectivity index (χ2n) is 5.81. The van der Waals surface area contributed by atoms with E-state index in [0.29, 0.717) is 24.1 Å². The van der Waals surface area contributed by atoms with Crippen LogP contribution in [0, 0.1) is 0 Å². The number of aliphatic hydroxyl groups excluding tert-OH is 1. The van der Waals surface area contributed by atoms with Crippen molar-refractivity contribution in [1.29, 1.82) is 0 Å². The molecule has 0 saturated carbocycles. The van der Waals surface area contributed by atoms with Crippen LogP contribution in [0.25, 0.3) is 0 Å². The highest BCUT2D eigenvalue weighted by Gasteiger charge is 2.14. The molecule has 0 aliphatic carbocycles. The summed E-state index contributed by atoms with van der Waals surface area (Å²) in [7, 11) is 1.61. The molecule has 1 aromatic carbocycles. The smallest absolute Gasteiger partial charge is 0.191 e. The summed E-state index contributed by atoms with van der Waals surface area (Å²) in [6.45, 7) is 3.70. The van der Waals surface area contributed by atoms with Crippen LogP contribution in [0.2, 0.25) is 0 Å². The van der Waals surface area contributed by atoms with Crippen molar-refractivity contribution in [3.8, 4) is 11.5 Å². The SMILES string of the molecule is CCNC(=NCc1ccc(OCCO)c(OC)c1)NC1CCCSC1.I. The van der Waals surface area contributed by atoms with Crippen LogP contribution in [0.15, 0.2) is 23.2 Å². The number of benzene rings is 1. The number of ether oxygens (including phenoxy) is 2. The fraction of sp³-hybridized carbons (Fsp3) is 0.611. The molecule has 3 N–H and O–H groups in total. The van der Waals surface area contributed by atoms with Crippen LogP contribution in [0.3, 0.4) is 0 Å². The van der Waals surface area contributed by atoms with Gasteiger partial charge in [-0.15, -0.1) is 24.0 Å². The molecule has 148 valence electrons. The highest BCUT2D eigenvalue weighted by molar-refractivity contribution is 14.0. The molecule has 0 spiro atoms. The third-order valence-electron chi connectivity index (χ3n) is 3.84. The summed E-state index contributed by atoms with van der Waals surface area (Å²) in [5.41, 5.74) is 1.04. The van der Waals surface area contributed by atoms with Gasteiger partial charge < -0.3 is 25.2 Å². The number of thioether (sulfide) groups is 1. The van der Waals surface area contributed by atoms with Crippen LogP contribution >= 0.6 is 35.7 Å². The lowest BCUT2D eigenvalue weighted by molar-refractivity contribution is 0.196. The van der Waals surface area contributed by atoms with E-state index in [9.17, 15) is 0 Å². The predicted octanol–water partition coefficient (Wildman–Crippen LogP) is 2.64. The molecule has 0 bridgehead atoms. The van der Waals surface area contributed by atoms with Crippen molar-refractivity contribution in [2.75, 3.05) is 38.4 Å². The second kappa shape index (κ2) is 13.3. The Bertz CT molecular complexity index is 554. The molecule has 8 heteroatoms. The van der Waals surface area contributed by atoms with Gasteiger partial charge in [-0.3, -0.25) is 0 Å². The summed E-state index contributed by atoms with van der Waals surface area (Å²) >= 11 is 2.00. The van der Waals surface area contributed by atoms with E-state index in [1.165, 1.54) is 18.6 Å². The fourth-order valence-electron chi connectivity index (χ4n) is 2.62. The Morgan fingerprint density at radius 3 is 2.88 bits per heavy atom. The minimum Gasteiger partial charge on any atom is -0.493 e. The maximum absolute atomic E-state index is 8.88. The van der Waals surface area contributed by atoms with Gasteiger partial charge in [0.2, 0.25) is 0 Å². The normalized spacial score (nSPS) is 17.2. The van der Waals surface area contributed by atoms with E-state index in [1.807, 2.05) is 30.0 Å². The fourth-order valence-corrected chi connectivity index (χ4v) is 3.70. The Hall–Kier alpha value is -0.870. The largest absolute Gasteiger partial charge is 0.493 e. The van der Waals surface area contributed by atoms with E-state index in [2.05, 4.69) is 17.6 Å². The van der Waals surface area contributed by atoms with Gasteiger partial charge in [-0.2, -0.15) is 11.8 Å². The van der Waals surface area contributed by atoms with Crippen LogP contribution in [0.1, 0.15) is 25.3 Å². The monoisotopic (exact) mass is 495 g/mol. The first-order valence-corrected chi connectivity index (χ1v) is 9.95. The number of nitrogens with zero attached hydrogens (tertiary/aromatic N) is 1. The van der Waals surface area contributed by atoms with Gasteiger partial charge in [0, 0.05) is 18.3 Å². The van der Waals surface area contributed by atoms with Gasteiger partial charge >= 0.3 is 0 Å². The van der Waals surface area contributed by atoms with Crippen LogP contribution in [-0.4, -0.2) is 55.5 Å². The minimum atomic E-state index is -0.0215. The number of guanidine groups is 1. The summed E-state index contributed by atoms with van der Waals surface area (Å²) in [6.07, 6.45) is 2.45. The zero-order chi connectivity index (χ0) is 17.9. The first-order chi connectivity index (χ1) is 12.3. The van der Waals surface area contributed by atoms with E-state index >= 15 is 0 Å². The first kappa shape index (κ1) is 23.2. The number of halogens is 1. The molecule has 0 aromatic heterocycles. The highest BCUT2D eigenvalue weighted by atomic mass is 127. The number of methoxy groups -OCH3 is 1. The van der Waals surface area contributed by atoms with Crippen molar-refractivity contribution in [3.05, 3.63) is 23.8 Å². The van der Waals surface area contributed by atoms with Gasteiger partial charge in [0.05, 0.1) is 20.3 Å². The molecule has 26 heavy (non-hydrogen) atoms. The van der Waals surface area contributed by atoms with Crippen molar-refractivity contribution < 1.29 is 14.6 Å². The highest BCUT2D eigenvalue weighted by Crippen LogP contribution is 2.28. The van der Waals surface area contributed by atoms with Crippen LogP contribution in [0.5, 0.6) is 11.5 Å². The predicted molar refractivity (Wildman–Crippen MR) is 119 cm³/mol. The van der Waals surface area contributed by atoms with Crippen molar-refractivity contribution >= 4 is 41.7 Å². The van der Waals surface area contributed by atoms with Gasteiger partial charge in [0.25, 0.3) is 0 Å².